The van der Waals surface area contributed by atoms with E-state index < -0.39 is 10.0 Å². The maximum atomic E-state index is 12.8. The van der Waals surface area contributed by atoms with Crippen molar-refractivity contribution in [2.45, 2.75) is 37.6 Å². The van der Waals surface area contributed by atoms with Crippen molar-refractivity contribution in [3.8, 4) is 0 Å². The van der Waals surface area contributed by atoms with E-state index in [-0.39, 0.29) is 16.7 Å². The number of sulfonamides is 1. The van der Waals surface area contributed by atoms with E-state index in [9.17, 15) is 13.2 Å². The molecule has 126 valence electrons. The molecule has 1 aliphatic rings. The fourth-order valence-corrected chi connectivity index (χ4v) is 4.10. The van der Waals surface area contributed by atoms with Crippen LogP contribution in [0.15, 0.2) is 53.4 Å². The molecule has 1 N–H and O–H groups in total. The molecule has 0 unspecified atom stereocenters. The summed E-state index contributed by atoms with van der Waals surface area (Å²) in [6.45, 7) is 3.44. The molecular formula is C19H21NO3S. The average molecular weight is 343 g/mol. The molecule has 1 atom stereocenters. The smallest absolute Gasteiger partial charge is 0.241 e. The van der Waals surface area contributed by atoms with E-state index in [0.717, 1.165) is 24.0 Å². The van der Waals surface area contributed by atoms with Crippen LogP contribution in [0.3, 0.4) is 0 Å². The molecule has 1 aliphatic carbocycles. The number of carbonyl (C=O) groups excluding carboxylic acids is 1. The second kappa shape index (κ2) is 6.49. The first-order chi connectivity index (χ1) is 11.4. The minimum atomic E-state index is -3.68. The third-order valence-corrected chi connectivity index (χ3v) is 5.80. The zero-order valence-electron chi connectivity index (χ0n) is 13.8. The zero-order valence-corrected chi connectivity index (χ0v) is 14.6. The Balaban J connectivity index is 1.90. The first-order valence-corrected chi connectivity index (χ1v) is 9.55. The Morgan fingerprint density at radius 1 is 1.12 bits per heavy atom. The lowest BCUT2D eigenvalue weighted by atomic mass is 10.0. The average Bonchev–Trinajstić information content (AvgIpc) is 3.38. The molecule has 3 rings (SSSR count). The molecule has 24 heavy (non-hydrogen) atoms. The second-order valence-corrected chi connectivity index (χ2v) is 8.15. The van der Waals surface area contributed by atoms with Crippen molar-refractivity contribution in [2.75, 3.05) is 0 Å². The van der Waals surface area contributed by atoms with E-state index in [0.29, 0.717) is 11.5 Å². The van der Waals surface area contributed by atoms with Gasteiger partial charge in [-0.25, -0.2) is 13.1 Å². The lowest BCUT2D eigenvalue weighted by molar-refractivity contribution is 0.101. The highest BCUT2D eigenvalue weighted by molar-refractivity contribution is 7.89. The summed E-state index contributed by atoms with van der Waals surface area (Å²) in [6, 6.07) is 13.9. The van der Waals surface area contributed by atoms with Crippen LogP contribution in [0.1, 0.15) is 47.3 Å². The summed E-state index contributed by atoms with van der Waals surface area (Å²) in [5, 5.41) is 0. The molecule has 2 aromatic carbocycles. The predicted octanol–water partition coefficient (Wildman–Crippen LogP) is 3.63. The number of rotatable bonds is 6. The first kappa shape index (κ1) is 16.9. The van der Waals surface area contributed by atoms with Gasteiger partial charge in [-0.3, -0.25) is 4.79 Å². The minimum absolute atomic E-state index is 0.132. The highest BCUT2D eigenvalue weighted by atomic mass is 32.2. The van der Waals surface area contributed by atoms with Gasteiger partial charge in [0, 0.05) is 11.6 Å². The van der Waals surface area contributed by atoms with Crippen LogP contribution >= 0.6 is 0 Å². The van der Waals surface area contributed by atoms with Crippen molar-refractivity contribution in [2.24, 2.45) is 5.92 Å². The molecule has 1 fully saturated rings. The van der Waals surface area contributed by atoms with Crippen molar-refractivity contribution in [3.05, 3.63) is 65.2 Å². The Morgan fingerprint density at radius 2 is 1.79 bits per heavy atom. The lowest BCUT2D eigenvalue weighted by Crippen LogP contribution is -2.30. The Bertz CT molecular complexity index is 852. The Hall–Kier alpha value is -1.98. The van der Waals surface area contributed by atoms with E-state index in [2.05, 4.69) is 4.72 Å². The third kappa shape index (κ3) is 3.74. The van der Waals surface area contributed by atoms with Crippen molar-refractivity contribution < 1.29 is 13.2 Å². The maximum absolute atomic E-state index is 12.8. The molecule has 0 heterocycles. The van der Waals surface area contributed by atoms with Gasteiger partial charge in [-0.05, 0) is 50.3 Å². The quantitative estimate of drug-likeness (QED) is 0.815. The van der Waals surface area contributed by atoms with Gasteiger partial charge in [0.1, 0.15) is 0 Å². The molecule has 0 aromatic heterocycles. The van der Waals surface area contributed by atoms with Crippen LogP contribution in [-0.4, -0.2) is 14.2 Å². The molecule has 0 aliphatic heterocycles. The molecular weight excluding hydrogens is 322 g/mol. The Kier molecular flexibility index (Phi) is 4.56. The Morgan fingerprint density at radius 3 is 2.38 bits per heavy atom. The van der Waals surface area contributed by atoms with Crippen LogP contribution in [0, 0.1) is 12.8 Å². The van der Waals surface area contributed by atoms with Gasteiger partial charge in [0.25, 0.3) is 0 Å². The fraction of sp³-hybridized carbons (Fsp3) is 0.316. The highest BCUT2D eigenvalue weighted by Gasteiger charge is 2.35. The zero-order chi connectivity index (χ0) is 17.3. The van der Waals surface area contributed by atoms with Gasteiger partial charge in [-0.1, -0.05) is 42.0 Å². The van der Waals surface area contributed by atoms with E-state index in [1.54, 1.807) is 12.1 Å². The molecule has 4 nitrogen and oxygen atoms in total. The van der Waals surface area contributed by atoms with E-state index >= 15 is 0 Å². The molecule has 0 bridgehead atoms. The van der Waals surface area contributed by atoms with Gasteiger partial charge < -0.3 is 0 Å². The van der Waals surface area contributed by atoms with Gasteiger partial charge >= 0.3 is 0 Å². The number of nitrogens with one attached hydrogen (secondary N) is 1. The van der Waals surface area contributed by atoms with Crippen LogP contribution in [0.5, 0.6) is 0 Å². The highest BCUT2D eigenvalue weighted by Crippen LogP contribution is 2.41. The number of hydrogen-bond donors (Lipinski definition) is 1. The number of ketones is 1. The van der Waals surface area contributed by atoms with Crippen LogP contribution in [0.2, 0.25) is 0 Å². The van der Waals surface area contributed by atoms with Gasteiger partial charge in [-0.2, -0.15) is 0 Å². The van der Waals surface area contributed by atoms with E-state index in [4.69, 9.17) is 0 Å². The molecule has 2 aromatic rings. The van der Waals surface area contributed by atoms with Crippen LogP contribution in [0.4, 0.5) is 0 Å². The maximum Gasteiger partial charge on any atom is 0.241 e. The molecule has 1 saturated carbocycles. The Labute approximate surface area is 143 Å². The largest absolute Gasteiger partial charge is 0.295 e. The van der Waals surface area contributed by atoms with Crippen LogP contribution in [-0.2, 0) is 10.0 Å². The number of aryl methyl sites for hydroxylation is 1. The van der Waals surface area contributed by atoms with E-state index in [1.807, 2.05) is 31.2 Å². The molecule has 5 heteroatoms. The molecule has 0 spiro atoms. The summed E-state index contributed by atoms with van der Waals surface area (Å²) < 4.78 is 28.4. The van der Waals surface area contributed by atoms with Gasteiger partial charge in [-0.15, -0.1) is 0 Å². The normalized spacial score (nSPS) is 15.9. The summed E-state index contributed by atoms with van der Waals surface area (Å²) in [5.41, 5.74) is 2.52. The van der Waals surface area contributed by atoms with Crippen molar-refractivity contribution >= 4 is 15.8 Å². The number of hydrogen-bond acceptors (Lipinski definition) is 3. The van der Waals surface area contributed by atoms with Crippen molar-refractivity contribution in [3.63, 3.8) is 0 Å². The van der Waals surface area contributed by atoms with Crippen molar-refractivity contribution in [1.29, 1.82) is 0 Å². The van der Waals surface area contributed by atoms with Crippen molar-refractivity contribution in [1.82, 2.24) is 4.72 Å². The molecule has 0 amide bonds. The standard InChI is InChI=1S/C19H21NO3S/c1-13-6-8-15(9-7-13)19(16-10-11-16)20-24(22,23)18-5-3-4-17(12-18)14(2)21/h3-9,12,16,19-20H,10-11H2,1-2H3/t19-/m1/s1. The van der Waals surface area contributed by atoms with Gasteiger partial charge in [0.05, 0.1) is 4.90 Å². The summed E-state index contributed by atoms with van der Waals surface area (Å²) in [7, 11) is -3.68. The first-order valence-electron chi connectivity index (χ1n) is 8.07. The summed E-state index contributed by atoms with van der Waals surface area (Å²) >= 11 is 0. The molecule has 0 radical (unpaired) electrons. The van der Waals surface area contributed by atoms with Crippen LogP contribution < -0.4 is 4.72 Å². The van der Waals surface area contributed by atoms with Gasteiger partial charge in [0.2, 0.25) is 10.0 Å². The number of carbonyl (C=O) groups is 1. The fourth-order valence-electron chi connectivity index (χ4n) is 2.76. The van der Waals surface area contributed by atoms with Crippen LogP contribution in [0.25, 0.3) is 0 Å². The summed E-state index contributed by atoms with van der Waals surface area (Å²) in [4.78, 5) is 11.6. The van der Waals surface area contributed by atoms with Gasteiger partial charge in [0.15, 0.2) is 5.78 Å². The number of benzene rings is 2. The minimum Gasteiger partial charge on any atom is -0.295 e. The summed E-state index contributed by atoms with van der Waals surface area (Å²) in [6.07, 6.45) is 2.04. The summed E-state index contributed by atoms with van der Waals surface area (Å²) in [5.74, 6) is 0.183. The topological polar surface area (TPSA) is 63.2 Å². The SMILES string of the molecule is CC(=O)c1cccc(S(=O)(=O)N[C@H](c2ccc(C)cc2)C2CC2)c1. The molecule has 0 saturated heterocycles. The monoisotopic (exact) mass is 343 g/mol. The second-order valence-electron chi connectivity index (χ2n) is 6.43. The number of Topliss-reactive ketones (excluding diaryl/α,β-unsaturated/α-hetero) is 1. The third-order valence-electron chi connectivity index (χ3n) is 4.36. The lowest BCUT2D eigenvalue weighted by Gasteiger charge is -2.19. The predicted molar refractivity (Wildman–Crippen MR) is 93.4 cm³/mol. The van der Waals surface area contributed by atoms with E-state index in [1.165, 1.54) is 19.1 Å².